The number of hydrogen-bond donors (Lipinski definition) is 0. The number of aryl methyl sites for hydroxylation is 1. The van der Waals surface area contributed by atoms with E-state index in [4.69, 9.17) is 4.74 Å². The number of piperidine rings is 1. The van der Waals surface area contributed by atoms with E-state index in [0.29, 0.717) is 38.2 Å². The Morgan fingerprint density at radius 1 is 1.09 bits per heavy atom. The molecule has 0 spiro atoms. The number of aromatic nitrogens is 1. The molecule has 1 aromatic heterocycles. The molecule has 0 unspecified atom stereocenters. The van der Waals surface area contributed by atoms with Crippen molar-refractivity contribution in [1.29, 1.82) is 0 Å². The van der Waals surface area contributed by atoms with Crippen LogP contribution in [0.2, 0.25) is 0 Å². The summed E-state index contributed by atoms with van der Waals surface area (Å²) < 4.78 is 32.4. The van der Waals surface area contributed by atoms with E-state index in [-0.39, 0.29) is 21.7 Å². The van der Waals surface area contributed by atoms with Gasteiger partial charge in [-0.1, -0.05) is 31.2 Å². The van der Waals surface area contributed by atoms with Crippen LogP contribution < -0.4 is 4.90 Å². The van der Waals surface area contributed by atoms with Crippen molar-refractivity contribution >= 4 is 32.4 Å². The van der Waals surface area contributed by atoms with Crippen LogP contribution in [0.4, 0.5) is 5.69 Å². The minimum Gasteiger partial charge on any atom is -0.466 e. The summed E-state index contributed by atoms with van der Waals surface area (Å²) in [5.41, 5.74) is 2.56. The standard InChI is InChI=1S/C25H28N2O4S/c1-3-18-10-11-22-21(16-18)24(27-14-12-19(13-15-27)25(28)31-4-2)23(17-26-22)32(29,30)20-8-6-5-7-9-20/h5-11,16-17,19H,3-4,12-15H2,1-2H3. The Morgan fingerprint density at radius 3 is 2.47 bits per heavy atom. The summed E-state index contributed by atoms with van der Waals surface area (Å²) in [5.74, 6) is -0.322. The number of carbonyl (C=O) groups is 1. The van der Waals surface area contributed by atoms with Crippen LogP contribution in [0, 0.1) is 5.92 Å². The van der Waals surface area contributed by atoms with Crippen LogP contribution in [-0.4, -0.2) is 39.1 Å². The van der Waals surface area contributed by atoms with Crippen molar-refractivity contribution in [2.75, 3.05) is 24.6 Å². The third-order valence-corrected chi connectivity index (χ3v) is 7.82. The third-order valence-electron chi connectivity index (χ3n) is 6.05. The molecule has 1 aliphatic rings. The Kier molecular flexibility index (Phi) is 6.46. The van der Waals surface area contributed by atoms with Crippen molar-refractivity contribution in [2.24, 2.45) is 5.92 Å². The van der Waals surface area contributed by atoms with Gasteiger partial charge in [0.15, 0.2) is 0 Å². The lowest BCUT2D eigenvalue weighted by atomic mass is 9.96. The lowest BCUT2D eigenvalue weighted by Crippen LogP contribution is -2.37. The lowest BCUT2D eigenvalue weighted by molar-refractivity contribution is -0.148. The molecule has 2 aromatic carbocycles. The molecule has 0 bridgehead atoms. The molecule has 0 aliphatic carbocycles. The second kappa shape index (κ2) is 9.28. The molecule has 1 saturated heterocycles. The number of carbonyl (C=O) groups excluding carboxylic acids is 1. The van der Waals surface area contributed by atoms with Gasteiger partial charge in [0.2, 0.25) is 9.84 Å². The summed E-state index contributed by atoms with van der Waals surface area (Å²) in [6.45, 7) is 5.41. The molecule has 0 amide bonds. The van der Waals surface area contributed by atoms with Gasteiger partial charge in [0.05, 0.1) is 28.6 Å². The zero-order chi connectivity index (χ0) is 22.7. The predicted octanol–water partition coefficient (Wildman–Crippen LogP) is 4.41. The van der Waals surface area contributed by atoms with Gasteiger partial charge in [0.1, 0.15) is 4.90 Å². The summed E-state index contributed by atoms with van der Waals surface area (Å²) in [5, 5.41) is 0.830. The highest BCUT2D eigenvalue weighted by atomic mass is 32.2. The first kappa shape index (κ1) is 22.3. The predicted molar refractivity (Wildman–Crippen MR) is 125 cm³/mol. The number of nitrogens with zero attached hydrogens (tertiary/aromatic N) is 2. The molecule has 0 saturated carbocycles. The van der Waals surface area contributed by atoms with Crippen LogP contribution >= 0.6 is 0 Å². The summed E-state index contributed by atoms with van der Waals surface area (Å²) in [4.78, 5) is 19.2. The molecular formula is C25H28N2O4S. The second-order valence-corrected chi connectivity index (χ2v) is 9.92. The SMILES string of the molecule is CCOC(=O)C1CCN(c2c(S(=O)(=O)c3ccccc3)cnc3ccc(CC)cc23)CC1. The van der Waals surface area contributed by atoms with Crippen molar-refractivity contribution < 1.29 is 17.9 Å². The monoisotopic (exact) mass is 452 g/mol. The number of pyridine rings is 1. The molecule has 7 heteroatoms. The van der Waals surface area contributed by atoms with Crippen LogP contribution in [0.5, 0.6) is 0 Å². The Bertz CT molecular complexity index is 1220. The largest absolute Gasteiger partial charge is 0.466 e. The molecule has 2 heterocycles. The Labute approximate surface area is 189 Å². The van der Waals surface area contributed by atoms with Gasteiger partial charge in [-0.2, -0.15) is 0 Å². The minimum absolute atomic E-state index is 0.153. The quantitative estimate of drug-likeness (QED) is 0.516. The first-order valence-electron chi connectivity index (χ1n) is 11.1. The summed E-state index contributed by atoms with van der Waals surface area (Å²) in [6.07, 6.45) is 3.57. The fourth-order valence-corrected chi connectivity index (χ4v) is 5.73. The molecule has 3 aromatic rings. The first-order chi connectivity index (χ1) is 15.5. The van der Waals surface area contributed by atoms with Crippen LogP contribution in [0.15, 0.2) is 64.5 Å². The Morgan fingerprint density at radius 2 is 1.81 bits per heavy atom. The fourth-order valence-electron chi connectivity index (χ4n) is 4.28. The van der Waals surface area contributed by atoms with E-state index < -0.39 is 9.84 Å². The van der Waals surface area contributed by atoms with E-state index in [0.717, 1.165) is 22.9 Å². The van der Waals surface area contributed by atoms with Gasteiger partial charge in [-0.05, 0) is 56.0 Å². The molecule has 32 heavy (non-hydrogen) atoms. The van der Waals surface area contributed by atoms with Gasteiger partial charge >= 0.3 is 5.97 Å². The molecule has 0 radical (unpaired) electrons. The number of rotatable bonds is 6. The molecule has 168 valence electrons. The topological polar surface area (TPSA) is 76.6 Å². The number of hydrogen-bond acceptors (Lipinski definition) is 6. The smallest absolute Gasteiger partial charge is 0.309 e. The van der Waals surface area contributed by atoms with E-state index in [1.807, 2.05) is 25.1 Å². The zero-order valence-corrected chi connectivity index (χ0v) is 19.3. The van der Waals surface area contributed by atoms with Crippen molar-refractivity contribution in [3.05, 3.63) is 60.3 Å². The molecule has 0 N–H and O–H groups in total. The summed E-state index contributed by atoms with van der Waals surface area (Å²) >= 11 is 0. The van der Waals surface area contributed by atoms with Crippen LogP contribution in [-0.2, 0) is 25.8 Å². The molecule has 6 nitrogen and oxygen atoms in total. The number of benzene rings is 2. The van der Waals surface area contributed by atoms with Crippen molar-refractivity contribution in [3.8, 4) is 0 Å². The zero-order valence-electron chi connectivity index (χ0n) is 18.5. The Hall–Kier alpha value is -2.93. The Balaban J connectivity index is 1.82. The number of esters is 1. The maximum Gasteiger partial charge on any atom is 0.309 e. The van der Waals surface area contributed by atoms with Crippen LogP contribution in [0.25, 0.3) is 10.9 Å². The van der Waals surface area contributed by atoms with Gasteiger partial charge in [-0.15, -0.1) is 0 Å². The van der Waals surface area contributed by atoms with Gasteiger partial charge in [0.25, 0.3) is 0 Å². The van der Waals surface area contributed by atoms with Crippen molar-refractivity contribution in [1.82, 2.24) is 4.98 Å². The van der Waals surface area contributed by atoms with Gasteiger partial charge in [-0.25, -0.2) is 8.42 Å². The average Bonchev–Trinajstić information content (AvgIpc) is 2.83. The van der Waals surface area contributed by atoms with Crippen molar-refractivity contribution in [2.45, 2.75) is 42.9 Å². The maximum atomic E-state index is 13.6. The highest BCUT2D eigenvalue weighted by molar-refractivity contribution is 7.91. The number of ether oxygens (including phenoxy) is 1. The number of anilines is 1. The molecule has 1 aliphatic heterocycles. The molecule has 4 rings (SSSR count). The maximum absolute atomic E-state index is 13.6. The molecular weight excluding hydrogens is 424 g/mol. The average molecular weight is 453 g/mol. The van der Waals surface area contributed by atoms with E-state index in [2.05, 4.69) is 16.8 Å². The van der Waals surface area contributed by atoms with Crippen molar-refractivity contribution in [3.63, 3.8) is 0 Å². The highest BCUT2D eigenvalue weighted by Crippen LogP contribution is 2.38. The van der Waals surface area contributed by atoms with Crippen LogP contribution in [0.1, 0.15) is 32.3 Å². The summed E-state index contributed by atoms with van der Waals surface area (Å²) in [7, 11) is -3.76. The van der Waals surface area contributed by atoms with Gasteiger partial charge in [-0.3, -0.25) is 9.78 Å². The van der Waals surface area contributed by atoms with E-state index >= 15 is 0 Å². The number of sulfone groups is 1. The minimum atomic E-state index is -3.76. The van der Waals surface area contributed by atoms with Gasteiger partial charge in [0, 0.05) is 24.7 Å². The molecule has 0 atom stereocenters. The second-order valence-electron chi connectivity index (χ2n) is 8.01. The molecule has 1 fully saturated rings. The fraction of sp³-hybridized carbons (Fsp3) is 0.360. The summed E-state index contributed by atoms with van der Waals surface area (Å²) in [6, 6.07) is 14.5. The number of fused-ring (bicyclic) bond motifs is 1. The van der Waals surface area contributed by atoms with Gasteiger partial charge < -0.3 is 9.64 Å². The normalized spacial score (nSPS) is 15.1. The highest BCUT2D eigenvalue weighted by Gasteiger charge is 2.31. The van der Waals surface area contributed by atoms with Crippen LogP contribution in [0.3, 0.4) is 0 Å². The van der Waals surface area contributed by atoms with E-state index in [9.17, 15) is 13.2 Å². The first-order valence-corrected chi connectivity index (χ1v) is 12.6. The third kappa shape index (κ3) is 4.21. The lowest BCUT2D eigenvalue weighted by Gasteiger charge is -2.34. The van der Waals surface area contributed by atoms with E-state index in [1.54, 1.807) is 30.3 Å². The van der Waals surface area contributed by atoms with E-state index in [1.165, 1.54) is 6.20 Å².